The molecule has 1 aromatic heterocycles. The molecule has 0 saturated carbocycles. The number of rotatable bonds is 5. The van der Waals surface area contributed by atoms with Crippen LogP contribution in [0, 0.1) is 0 Å². The first-order valence-electron chi connectivity index (χ1n) is 6.59. The van der Waals surface area contributed by atoms with Crippen LogP contribution in [0.15, 0.2) is 5.16 Å². The zero-order valence-electron chi connectivity index (χ0n) is 11.5. The Morgan fingerprint density at radius 1 is 1.16 bits per heavy atom. The summed E-state index contributed by atoms with van der Waals surface area (Å²) in [6, 6.07) is 0. The number of nitrogens with zero attached hydrogens (tertiary/aromatic N) is 5. The van der Waals surface area contributed by atoms with E-state index < -0.39 is 0 Å². The molecule has 0 aromatic carbocycles. The summed E-state index contributed by atoms with van der Waals surface area (Å²) in [4.78, 5) is 17.3. The largest absolute Gasteiger partial charge is 0.341 e. The number of thioether (sulfide) groups is 1. The van der Waals surface area contributed by atoms with E-state index in [9.17, 15) is 0 Å². The van der Waals surface area contributed by atoms with Crippen molar-refractivity contribution in [1.29, 1.82) is 0 Å². The highest BCUT2D eigenvalue weighted by Gasteiger charge is 2.15. The van der Waals surface area contributed by atoms with Crippen LogP contribution in [0.2, 0.25) is 5.28 Å². The quantitative estimate of drug-likeness (QED) is 0.777. The standard InChI is InChI=1S/C12H20ClN5S/c1-17(2)8-9-19-12-15-10(13)14-11(16-12)18-6-4-3-5-7-18/h3-9H2,1-2H3. The predicted octanol–water partition coefficient (Wildman–Crippen LogP) is 2.17. The predicted molar refractivity (Wildman–Crippen MR) is 80.2 cm³/mol. The summed E-state index contributed by atoms with van der Waals surface area (Å²) in [7, 11) is 4.11. The topological polar surface area (TPSA) is 45.2 Å². The van der Waals surface area contributed by atoms with Gasteiger partial charge in [-0.05, 0) is 45.0 Å². The average Bonchev–Trinajstić information content (AvgIpc) is 2.39. The Balaban J connectivity index is 2.01. The van der Waals surface area contributed by atoms with Crippen LogP contribution in [0.3, 0.4) is 0 Å². The third kappa shape index (κ3) is 4.78. The lowest BCUT2D eigenvalue weighted by molar-refractivity contribution is 0.437. The number of piperidine rings is 1. The molecule has 1 aromatic rings. The van der Waals surface area contributed by atoms with Gasteiger partial charge in [0.05, 0.1) is 0 Å². The summed E-state index contributed by atoms with van der Waals surface area (Å²) in [6.07, 6.45) is 3.69. The average molecular weight is 302 g/mol. The molecule has 0 unspecified atom stereocenters. The van der Waals surface area contributed by atoms with E-state index in [1.807, 2.05) is 0 Å². The Hall–Kier alpha value is -0.590. The molecule has 106 valence electrons. The van der Waals surface area contributed by atoms with E-state index in [1.54, 1.807) is 11.8 Å². The molecule has 7 heteroatoms. The summed E-state index contributed by atoms with van der Waals surface area (Å²) in [5, 5.41) is 1.02. The molecule has 0 N–H and O–H groups in total. The molecule has 5 nitrogen and oxygen atoms in total. The van der Waals surface area contributed by atoms with Crippen LogP contribution in [0.4, 0.5) is 5.95 Å². The van der Waals surface area contributed by atoms with Gasteiger partial charge >= 0.3 is 0 Å². The number of halogens is 1. The Morgan fingerprint density at radius 2 is 1.89 bits per heavy atom. The summed E-state index contributed by atoms with van der Waals surface area (Å²) in [5.41, 5.74) is 0. The molecule has 1 aliphatic rings. The van der Waals surface area contributed by atoms with Gasteiger partial charge in [-0.15, -0.1) is 0 Å². The van der Waals surface area contributed by atoms with E-state index in [4.69, 9.17) is 11.6 Å². The molecule has 19 heavy (non-hydrogen) atoms. The van der Waals surface area contributed by atoms with Gasteiger partial charge in [0, 0.05) is 25.4 Å². The molecule has 0 bridgehead atoms. The molecule has 0 radical (unpaired) electrons. The summed E-state index contributed by atoms with van der Waals surface area (Å²) < 4.78 is 0. The van der Waals surface area contributed by atoms with Gasteiger partial charge in [0.25, 0.3) is 0 Å². The van der Waals surface area contributed by atoms with Gasteiger partial charge < -0.3 is 9.80 Å². The molecule has 0 aliphatic carbocycles. The monoisotopic (exact) mass is 301 g/mol. The van der Waals surface area contributed by atoms with Crippen molar-refractivity contribution in [2.45, 2.75) is 24.4 Å². The Labute approximate surface area is 123 Å². The molecule has 0 atom stereocenters. The van der Waals surface area contributed by atoms with Crippen LogP contribution in [0.5, 0.6) is 0 Å². The molecule has 1 aliphatic heterocycles. The second-order valence-corrected chi connectivity index (χ2v) is 6.29. The smallest absolute Gasteiger partial charge is 0.230 e. The van der Waals surface area contributed by atoms with Crippen LogP contribution in [0.25, 0.3) is 0 Å². The highest BCUT2D eigenvalue weighted by molar-refractivity contribution is 7.99. The number of hydrogen-bond donors (Lipinski definition) is 0. The first-order valence-corrected chi connectivity index (χ1v) is 7.95. The van der Waals surface area contributed by atoms with Crippen molar-refractivity contribution < 1.29 is 0 Å². The molecule has 2 rings (SSSR count). The minimum absolute atomic E-state index is 0.294. The lowest BCUT2D eigenvalue weighted by atomic mass is 10.1. The van der Waals surface area contributed by atoms with Crippen molar-refractivity contribution in [2.75, 3.05) is 44.4 Å². The molecule has 2 heterocycles. The Bertz CT molecular complexity index is 409. The second kappa shape index (κ2) is 7.26. The van der Waals surface area contributed by atoms with E-state index in [0.717, 1.165) is 36.5 Å². The number of hydrogen-bond acceptors (Lipinski definition) is 6. The van der Waals surface area contributed by atoms with Gasteiger partial charge in [-0.2, -0.15) is 15.0 Å². The van der Waals surface area contributed by atoms with E-state index in [2.05, 4.69) is 38.8 Å². The van der Waals surface area contributed by atoms with Crippen molar-refractivity contribution in [3.05, 3.63) is 5.28 Å². The van der Waals surface area contributed by atoms with E-state index in [0.29, 0.717) is 5.28 Å². The van der Waals surface area contributed by atoms with Crippen molar-refractivity contribution in [3.8, 4) is 0 Å². The Kier molecular flexibility index (Phi) is 5.66. The SMILES string of the molecule is CN(C)CCSc1nc(Cl)nc(N2CCCCC2)n1. The molecular formula is C12H20ClN5S. The third-order valence-corrected chi connectivity index (χ3v) is 3.98. The maximum atomic E-state index is 6.00. The normalized spacial score (nSPS) is 16.1. The highest BCUT2D eigenvalue weighted by Crippen LogP contribution is 2.21. The van der Waals surface area contributed by atoms with E-state index in [-0.39, 0.29) is 0 Å². The molecule has 1 fully saturated rings. The Morgan fingerprint density at radius 3 is 2.58 bits per heavy atom. The maximum Gasteiger partial charge on any atom is 0.230 e. The van der Waals surface area contributed by atoms with Crippen LogP contribution >= 0.6 is 23.4 Å². The first-order chi connectivity index (χ1) is 9.15. The van der Waals surface area contributed by atoms with Crippen molar-refractivity contribution in [2.24, 2.45) is 0 Å². The van der Waals surface area contributed by atoms with Crippen molar-refractivity contribution in [3.63, 3.8) is 0 Å². The van der Waals surface area contributed by atoms with Crippen LogP contribution < -0.4 is 4.90 Å². The summed E-state index contributed by atoms with van der Waals surface area (Å²) in [6.45, 7) is 3.03. The molecule has 0 spiro atoms. The van der Waals surface area contributed by atoms with Crippen molar-refractivity contribution in [1.82, 2.24) is 19.9 Å². The molecular weight excluding hydrogens is 282 g/mol. The van der Waals surface area contributed by atoms with Crippen LogP contribution in [0.1, 0.15) is 19.3 Å². The fourth-order valence-electron chi connectivity index (χ4n) is 1.94. The van der Waals surface area contributed by atoms with E-state index in [1.165, 1.54) is 19.3 Å². The molecule has 0 amide bonds. The van der Waals surface area contributed by atoms with Gasteiger partial charge in [0.15, 0.2) is 5.16 Å². The molecule has 1 saturated heterocycles. The third-order valence-electron chi connectivity index (χ3n) is 2.98. The minimum Gasteiger partial charge on any atom is -0.341 e. The fraction of sp³-hybridized carbons (Fsp3) is 0.750. The maximum absolute atomic E-state index is 6.00. The zero-order valence-corrected chi connectivity index (χ0v) is 13.0. The number of anilines is 1. The van der Waals surface area contributed by atoms with Gasteiger partial charge in [-0.3, -0.25) is 0 Å². The van der Waals surface area contributed by atoms with Gasteiger partial charge in [-0.25, -0.2) is 0 Å². The van der Waals surface area contributed by atoms with Gasteiger partial charge in [0.1, 0.15) is 0 Å². The van der Waals surface area contributed by atoms with Gasteiger partial charge in [0.2, 0.25) is 11.2 Å². The second-order valence-electron chi connectivity index (χ2n) is 4.89. The fourth-order valence-corrected chi connectivity index (χ4v) is 3.08. The van der Waals surface area contributed by atoms with E-state index >= 15 is 0 Å². The first kappa shape index (κ1) is 14.8. The van der Waals surface area contributed by atoms with Crippen LogP contribution in [-0.2, 0) is 0 Å². The van der Waals surface area contributed by atoms with Gasteiger partial charge in [-0.1, -0.05) is 11.8 Å². The lowest BCUT2D eigenvalue weighted by Gasteiger charge is -2.26. The highest BCUT2D eigenvalue weighted by atomic mass is 35.5. The number of aromatic nitrogens is 3. The summed E-state index contributed by atoms with van der Waals surface area (Å²) >= 11 is 7.62. The summed E-state index contributed by atoms with van der Waals surface area (Å²) in [5.74, 6) is 1.68. The van der Waals surface area contributed by atoms with Crippen LogP contribution in [-0.4, -0.2) is 59.3 Å². The zero-order chi connectivity index (χ0) is 13.7. The lowest BCUT2D eigenvalue weighted by Crippen LogP contribution is -2.31. The van der Waals surface area contributed by atoms with Crippen molar-refractivity contribution >= 4 is 29.3 Å². The minimum atomic E-state index is 0.294.